The minimum atomic E-state index is -0.717. The molecule has 0 aliphatic carbocycles. The third kappa shape index (κ3) is 4.39. The maximum Gasteiger partial charge on any atom is 0.435 e. The van der Waals surface area contributed by atoms with Crippen molar-refractivity contribution in [1.29, 1.82) is 0 Å². The van der Waals surface area contributed by atoms with Crippen LogP contribution in [0.4, 0.5) is 4.79 Å². The van der Waals surface area contributed by atoms with Crippen LogP contribution in [0.5, 0.6) is 0 Å². The molecule has 1 heterocycles. The molecule has 0 bridgehead atoms. The lowest BCUT2D eigenvalue weighted by molar-refractivity contribution is 0.140. The zero-order valence-corrected chi connectivity index (χ0v) is 12.4. The highest BCUT2D eigenvalue weighted by Crippen LogP contribution is 2.20. The van der Waals surface area contributed by atoms with E-state index in [1.807, 2.05) is 30.3 Å². The Morgan fingerprint density at radius 2 is 2.00 bits per heavy atom. The smallest absolute Gasteiger partial charge is 0.435 e. The Balaban J connectivity index is 2.16. The molecule has 0 unspecified atom stereocenters. The van der Waals surface area contributed by atoms with E-state index < -0.39 is 6.09 Å². The van der Waals surface area contributed by atoms with E-state index in [2.05, 4.69) is 4.99 Å². The number of hydrogen-bond donors (Lipinski definition) is 1. The molecule has 0 aliphatic rings. The first kappa shape index (κ1) is 15.2. The summed E-state index contributed by atoms with van der Waals surface area (Å²) in [6.07, 6.45) is -0.717. The molecule has 0 fully saturated rings. The molecule has 0 saturated carbocycles. The number of carbonyl (C=O) groups excluding carboxylic acids is 1. The SMILES string of the molecule is CCOC(=O)N=c1cccc(SCc2ccccc2)n1O. The fraction of sp³-hybridized carbons (Fsp3) is 0.200. The van der Waals surface area contributed by atoms with Crippen molar-refractivity contribution in [3.05, 3.63) is 59.6 Å². The predicted octanol–water partition coefficient (Wildman–Crippen LogP) is 3.07. The van der Waals surface area contributed by atoms with Crippen LogP contribution in [0.1, 0.15) is 12.5 Å². The van der Waals surface area contributed by atoms with Gasteiger partial charge in [-0.3, -0.25) is 0 Å². The molecule has 2 aromatic rings. The Hall–Kier alpha value is -2.21. The van der Waals surface area contributed by atoms with Gasteiger partial charge >= 0.3 is 6.09 Å². The number of ether oxygens (including phenoxy) is 1. The van der Waals surface area contributed by atoms with Gasteiger partial charge < -0.3 is 9.94 Å². The number of aromatic nitrogens is 1. The Kier molecular flexibility index (Phi) is 5.45. The highest BCUT2D eigenvalue weighted by Gasteiger charge is 2.04. The van der Waals surface area contributed by atoms with Crippen molar-refractivity contribution in [3.63, 3.8) is 0 Å². The van der Waals surface area contributed by atoms with Gasteiger partial charge in [0.25, 0.3) is 0 Å². The molecular formula is C15H16N2O3S. The van der Waals surface area contributed by atoms with E-state index in [1.54, 1.807) is 25.1 Å². The number of thioether (sulfide) groups is 1. The molecule has 21 heavy (non-hydrogen) atoms. The van der Waals surface area contributed by atoms with Crippen LogP contribution in [-0.4, -0.2) is 22.6 Å². The third-order valence-electron chi connectivity index (χ3n) is 2.61. The lowest BCUT2D eigenvalue weighted by atomic mass is 10.2. The van der Waals surface area contributed by atoms with Gasteiger partial charge in [0, 0.05) is 5.75 Å². The first-order chi connectivity index (χ1) is 10.2. The number of pyridine rings is 1. The van der Waals surface area contributed by atoms with Crippen LogP contribution in [0, 0.1) is 0 Å². The summed E-state index contributed by atoms with van der Waals surface area (Å²) >= 11 is 1.46. The average molecular weight is 304 g/mol. The van der Waals surface area contributed by atoms with E-state index in [0.717, 1.165) is 10.3 Å². The van der Waals surface area contributed by atoms with Gasteiger partial charge in [-0.2, -0.15) is 9.72 Å². The monoisotopic (exact) mass is 304 g/mol. The van der Waals surface area contributed by atoms with Crippen LogP contribution in [0.2, 0.25) is 0 Å². The van der Waals surface area contributed by atoms with Crippen molar-refractivity contribution in [2.45, 2.75) is 17.7 Å². The largest absolute Gasteiger partial charge is 0.448 e. The van der Waals surface area contributed by atoms with Crippen molar-refractivity contribution < 1.29 is 14.7 Å². The number of carbonyl (C=O) groups is 1. The first-order valence-corrected chi connectivity index (χ1v) is 7.49. The summed E-state index contributed by atoms with van der Waals surface area (Å²) in [4.78, 5) is 15.0. The summed E-state index contributed by atoms with van der Waals surface area (Å²) in [6.45, 7) is 1.95. The van der Waals surface area contributed by atoms with Crippen LogP contribution in [0.3, 0.4) is 0 Å². The number of benzene rings is 1. The molecule has 0 saturated heterocycles. The molecule has 1 amide bonds. The topological polar surface area (TPSA) is 63.8 Å². The van der Waals surface area contributed by atoms with Crippen molar-refractivity contribution in [2.75, 3.05) is 6.61 Å². The van der Waals surface area contributed by atoms with Crippen LogP contribution in [0.25, 0.3) is 0 Å². The first-order valence-electron chi connectivity index (χ1n) is 6.50. The van der Waals surface area contributed by atoms with Crippen molar-refractivity contribution in [2.24, 2.45) is 4.99 Å². The highest BCUT2D eigenvalue weighted by molar-refractivity contribution is 7.98. The highest BCUT2D eigenvalue weighted by atomic mass is 32.2. The number of nitrogens with zero attached hydrogens (tertiary/aromatic N) is 2. The summed E-state index contributed by atoms with van der Waals surface area (Å²) in [5, 5.41) is 10.7. The Labute approximate surface area is 126 Å². The lowest BCUT2D eigenvalue weighted by Crippen LogP contribution is -2.21. The summed E-state index contributed by atoms with van der Waals surface area (Å²) in [5.74, 6) is 0.713. The summed E-state index contributed by atoms with van der Waals surface area (Å²) in [5.41, 5.74) is 1.29. The third-order valence-corrected chi connectivity index (χ3v) is 3.70. The van der Waals surface area contributed by atoms with E-state index in [9.17, 15) is 10.0 Å². The van der Waals surface area contributed by atoms with Crippen molar-refractivity contribution in [1.82, 2.24) is 4.73 Å². The fourth-order valence-corrected chi connectivity index (χ4v) is 2.54. The second kappa shape index (κ2) is 7.54. The standard InChI is InChI=1S/C15H16N2O3S/c1-2-20-15(18)16-13-9-6-10-14(17(13)19)21-11-12-7-4-3-5-8-12/h3-10,19H,2,11H2,1H3. The normalized spacial score (nSPS) is 11.4. The van der Waals surface area contributed by atoms with Crippen molar-refractivity contribution >= 4 is 17.9 Å². The molecular weight excluding hydrogens is 288 g/mol. The van der Waals surface area contributed by atoms with Gasteiger partial charge in [0.05, 0.1) is 6.61 Å². The van der Waals surface area contributed by atoms with Crippen LogP contribution in [-0.2, 0) is 10.5 Å². The van der Waals surface area contributed by atoms with Crippen LogP contribution < -0.4 is 5.49 Å². The Bertz CT molecular complexity index is 668. The maximum atomic E-state index is 11.3. The van der Waals surface area contributed by atoms with E-state index in [0.29, 0.717) is 10.8 Å². The maximum absolute atomic E-state index is 11.3. The van der Waals surface area contributed by atoms with Gasteiger partial charge in [-0.05, 0) is 24.6 Å². The number of rotatable bonds is 4. The number of amides is 1. The molecule has 0 atom stereocenters. The average Bonchev–Trinajstić information content (AvgIpc) is 2.49. The molecule has 0 spiro atoms. The van der Waals surface area contributed by atoms with Gasteiger partial charge in [-0.15, -0.1) is 11.8 Å². The summed E-state index contributed by atoms with van der Waals surface area (Å²) in [6, 6.07) is 15.0. The van der Waals surface area contributed by atoms with E-state index >= 15 is 0 Å². The second-order valence-electron chi connectivity index (χ2n) is 4.12. The molecule has 1 N–H and O–H groups in total. The minimum Gasteiger partial charge on any atom is -0.448 e. The zero-order chi connectivity index (χ0) is 15.1. The Morgan fingerprint density at radius 1 is 1.24 bits per heavy atom. The molecule has 1 aromatic heterocycles. The molecule has 0 radical (unpaired) electrons. The molecule has 6 heteroatoms. The summed E-state index contributed by atoms with van der Waals surface area (Å²) < 4.78 is 5.63. The van der Waals surface area contributed by atoms with E-state index in [-0.39, 0.29) is 12.1 Å². The molecule has 5 nitrogen and oxygen atoms in total. The fourth-order valence-electron chi connectivity index (χ4n) is 1.65. The van der Waals surface area contributed by atoms with Gasteiger partial charge in [0.2, 0.25) is 0 Å². The van der Waals surface area contributed by atoms with Gasteiger partial charge in [-0.25, -0.2) is 4.79 Å². The van der Waals surface area contributed by atoms with E-state index in [4.69, 9.17) is 4.74 Å². The molecule has 110 valence electrons. The van der Waals surface area contributed by atoms with E-state index in [1.165, 1.54) is 11.8 Å². The lowest BCUT2D eigenvalue weighted by Gasteiger charge is -2.07. The number of hydrogen-bond acceptors (Lipinski definition) is 4. The van der Waals surface area contributed by atoms with Crippen LogP contribution >= 0.6 is 11.8 Å². The second-order valence-corrected chi connectivity index (χ2v) is 5.11. The van der Waals surface area contributed by atoms with Gasteiger partial charge in [0.15, 0.2) is 5.49 Å². The Morgan fingerprint density at radius 3 is 2.71 bits per heavy atom. The quantitative estimate of drug-likeness (QED) is 0.696. The summed E-state index contributed by atoms with van der Waals surface area (Å²) in [7, 11) is 0. The van der Waals surface area contributed by atoms with Crippen LogP contribution in [0.15, 0.2) is 58.5 Å². The molecule has 2 rings (SSSR count). The molecule has 1 aromatic carbocycles. The zero-order valence-electron chi connectivity index (χ0n) is 11.6. The minimum absolute atomic E-state index is 0.145. The molecule has 0 aliphatic heterocycles. The van der Waals surface area contributed by atoms with Gasteiger partial charge in [-0.1, -0.05) is 36.4 Å². The van der Waals surface area contributed by atoms with Gasteiger partial charge in [0.1, 0.15) is 5.03 Å². The predicted molar refractivity (Wildman–Crippen MR) is 80.2 cm³/mol. The van der Waals surface area contributed by atoms with Crippen molar-refractivity contribution in [3.8, 4) is 0 Å².